The Labute approximate surface area is 77.3 Å². The SMILES string of the molecule is NCC(F)(F)c1cnc2n[nH]nc2c1. The smallest absolute Gasteiger partial charge is 0.286 e. The van der Waals surface area contributed by atoms with Gasteiger partial charge in [0.25, 0.3) is 5.92 Å². The molecule has 0 aromatic carbocycles. The lowest BCUT2D eigenvalue weighted by molar-refractivity contribution is 0.00576. The summed E-state index contributed by atoms with van der Waals surface area (Å²) in [5, 5.41) is 9.59. The maximum absolute atomic E-state index is 13.1. The van der Waals surface area contributed by atoms with Crippen LogP contribution in [-0.2, 0) is 5.92 Å². The van der Waals surface area contributed by atoms with E-state index in [9.17, 15) is 8.78 Å². The molecule has 0 spiro atoms. The number of halogens is 2. The fourth-order valence-electron chi connectivity index (χ4n) is 1.06. The van der Waals surface area contributed by atoms with Crippen LogP contribution in [0, 0.1) is 0 Å². The summed E-state index contributed by atoms with van der Waals surface area (Å²) in [6, 6.07) is 1.22. The standard InChI is InChI=1S/C7H7F2N5/c8-7(9,3-10)4-1-5-6(11-2-4)13-14-12-5/h1-2H,3,10H2,(H,11,12,13,14). The Morgan fingerprint density at radius 2 is 2.21 bits per heavy atom. The lowest BCUT2D eigenvalue weighted by Gasteiger charge is -2.12. The molecule has 2 heterocycles. The summed E-state index contributed by atoms with van der Waals surface area (Å²) in [5.41, 5.74) is 5.30. The van der Waals surface area contributed by atoms with Gasteiger partial charge < -0.3 is 5.73 Å². The molecular formula is C7H7F2N5. The van der Waals surface area contributed by atoms with Crippen LogP contribution in [0.5, 0.6) is 0 Å². The van der Waals surface area contributed by atoms with E-state index in [0.717, 1.165) is 6.20 Å². The first-order valence-electron chi connectivity index (χ1n) is 3.88. The van der Waals surface area contributed by atoms with Gasteiger partial charge in [0.05, 0.1) is 6.54 Å². The number of aromatic amines is 1. The normalized spacial score (nSPS) is 12.2. The number of nitrogens with zero attached hydrogens (tertiary/aromatic N) is 3. The Morgan fingerprint density at radius 3 is 2.93 bits per heavy atom. The zero-order valence-corrected chi connectivity index (χ0v) is 7.04. The van der Waals surface area contributed by atoms with Crippen LogP contribution in [0.4, 0.5) is 8.78 Å². The van der Waals surface area contributed by atoms with Crippen molar-refractivity contribution in [2.24, 2.45) is 5.73 Å². The van der Waals surface area contributed by atoms with Crippen molar-refractivity contribution < 1.29 is 8.78 Å². The van der Waals surface area contributed by atoms with E-state index < -0.39 is 12.5 Å². The van der Waals surface area contributed by atoms with Crippen molar-refractivity contribution >= 4 is 11.2 Å². The van der Waals surface area contributed by atoms with Crippen LogP contribution in [0.3, 0.4) is 0 Å². The van der Waals surface area contributed by atoms with Crippen LogP contribution < -0.4 is 5.73 Å². The number of pyridine rings is 1. The molecule has 0 unspecified atom stereocenters. The second-order valence-electron chi connectivity index (χ2n) is 2.80. The Hall–Kier alpha value is -1.63. The van der Waals surface area contributed by atoms with Gasteiger partial charge in [0.15, 0.2) is 0 Å². The fraction of sp³-hybridized carbons (Fsp3) is 0.286. The number of nitrogens with one attached hydrogen (secondary N) is 1. The lowest BCUT2D eigenvalue weighted by Crippen LogP contribution is -2.25. The van der Waals surface area contributed by atoms with Gasteiger partial charge in [-0.1, -0.05) is 0 Å². The van der Waals surface area contributed by atoms with E-state index in [1.807, 2.05) is 0 Å². The number of aromatic nitrogens is 4. The van der Waals surface area contributed by atoms with E-state index in [-0.39, 0.29) is 5.56 Å². The highest BCUT2D eigenvalue weighted by molar-refractivity contribution is 5.69. The summed E-state index contributed by atoms with van der Waals surface area (Å²) in [7, 11) is 0. The van der Waals surface area contributed by atoms with Gasteiger partial charge in [0, 0.05) is 11.8 Å². The van der Waals surface area contributed by atoms with Crippen molar-refractivity contribution in [2.45, 2.75) is 5.92 Å². The molecule has 2 aromatic rings. The minimum atomic E-state index is -3.07. The van der Waals surface area contributed by atoms with Gasteiger partial charge in [-0.3, -0.25) is 0 Å². The van der Waals surface area contributed by atoms with Crippen LogP contribution in [0.2, 0.25) is 0 Å². The van der Waals surface area contributed by atoms with E-state index in [4.69, 9.17) is 5.73 Å². The number of hydrogen-bond donors (Lipinski definition) is 2. The minimum Gasteiger partial charge on any atom is -0.325 e. The van der Waals surface area contributed by atoms with Gasteiger partial charge in [-0.05, 0) is 6.07 Å². The van der Waals surface area contributed by atoms with Gasteiger partial charge >= 0.3 is 0 Å². The van der Waals surface area contributed by atoms with Crippen LogP contribution in [0.15, 0.2) is 12.3 Å². The summed E-state index contributed by atoms with van der Waals surface area (Å²) in [6.45, 7) is -0.752. The predicted octanol–water partition coefficient (Wildman–Crippen LogP) is 0.403. The van der Waals surface area contributed by atoms with Crippen molar-refractivity contribution in [3.05, 3.63) is 17.8 Å². The molecule has 0 fully saturated rings. The van der Waals surface area contributed by atoms with E-state index in [2.05, 4.69) is 20.4 Å². The van der Waals surface area contributed by atoms with Crippen molar-refractivity contribution in [1.82, 2.24) is 20.4 Å². The molecule has 0 atom stereocenters. The van der Waals surface area contributed by atoms with Gasteiger partial charge in [-0.15, -0.1) is 5.10 Å². The average Bonchev–Trinajstić information content (AvgIpc) is 2.64. The molecule has 0 aliphatic heterocycles. The Balaban J connectivity index is 2.53. The molecule has 0 radical (unpaired) electrons. The maximum atomic E-state index is 13.1. The summed E-state index contributed by atoms with van der Waals surface area (Å²) in [4.78, 5) is 3.71. The van der Waals surface area contributed by atoms with Crippen LogP contribution in [0.25, 0.3) is 11.2 Å². The van der Waals surface area contributed by atoms with E-state index in [0.29, 0.717) is 11.2 Å². The third-order valence-corrected chi connectivity index (χ3v) is 1.85. The molecule has 0 bridgehead atoms. The Kier molecular flexibility index (Phi) is 1.88. The minimum absolute atomic E-state index is 0.249. The highest BCUT2D eigenvalue weighted by atomic mass is 19.3. The number of H-pyrrole nitrogens is 1. The Morgan fingerprint density at radius 1 is 1.43 bits per heavy atom. The average molecular weight is 199 g/mol. The number of fused-ring (bicyclic) bond motifs is 1. The summed E-state index contributed by atoms with van der Waals surface area (Å²) in [5.74, 6) is -3.07. The number of hydrogen-bond acceptors (Lipinski definition) is 4. The van der Waals surface area contributed by atoms with E-state index in [1.165, 1.54) is 6.07 Å². The summed E-state index contributed by atoms with van der Waals surface area (Å²) >= 11 is 0. The lowest BCUT2D eigenvalue weighted by atomic mass is 10.1. The second-order valence-corrected chi connectivity index (χ2v) is 2.80. The van der Waals surface area contributed by atoms with E-state index in [1.54, 1.807) is 0 Å². The van der Waals surface area contributed by atoms with Crippen LogP contribution in [0.1, 0.15) is 5.56 Å². The van der Waals surface area contributed by atoms with Crippen molar-refractivity contribution in [3.8, 4) is 0 Å². The topological polar surface area (TPSA) is 80.5 Å². The second kappa shape index (κ2) is 2.95. The molecule has 0 aliphatic carbocycles. The first-order chi connectivity index (χ1) is 6.63. The van der Waals surface area contributed by atoms with E-state index >= 15 is 0 Å². The molecule has 0 aliphatic rings. The van der Waals surface area contributed by atoms with Crippen molar-refractivity contribution in [1.29, 1.82) is 0 Å². The molecule has 0 saturated carbocycles. The monoisotopic (exact) mass is 199 g/mol. The largest absolute Gasteiger partial charge is 0.325 e. The number of rotatable bonds is 2. The molecule has 7 heteroatoms. The molecule has 2 aromatic heterocycles. The molecular weight excluding hydrogens is 192 g/mol. The molecule has 3 N–H and O–H groups in total. The van der Waals surface area contributed by atoms with Gasteiger partial charge in [-0.2, -0.15) is 19.1 Å². The highest BCUT2D eigenvalue weighted by Gasteiger charge is 2.30. The molecule has 5 nitrogen and oxygen atoms in total. The quantitative estimate of drug-likeness (QED) is 0.733. The van der Waals surface area contributed by atoms with Crippen molar-refractivity contribution in [2.75, 3.05) is 6.54 Å². The maximum Gasteiger partial charge on any atom is 0.286 e. The molecule has 14 heavy (non-hydrogen) atoms. The van der Waals surface area contributed by atoms with Crippen LogP contribution in [-0.4, -0.2) is 26.9 Å². The summed E-state index contributed by atoms with van der Waals surface area (Å²) in [6.07, 6.45) is 1.05. The third-order valence-electron chi connectivity index (χ3n) is 1.85. The predicted molar refractivity (Wildman–Crippen MR) is 44.6 cm³/mol. The van der Waals surface area contributed by atoms with Gasteiger partial charge in [0.2, 0.25) is 5.65 Å². The molecule has 2 rings (SSSR count). The zero-order chi connectivity index (χ0) is 10.2. The third kappa shape index (κ3) is 1.31. The first kappa shape index (κ1) is 8.95. The summed E-state index contributed by atoms with van der Waals surface area (Å²) < 4.78 is 26.2. The number of nitrogens with two attached hydrogens (primary N) is 1. The molecule has 0 saturated heterocycles. The van der Waals surface area contributed by atoms with Gasteiger partial charge in [0.1, 0.15) is 5.52 Å². The van der Waals surface area contributed by atoms with Crippen LogP contribution >= 0.6 is 0 Å². The number of alkyl halides is 2. The zero-order valence-electron chi connectivity index (χ0n) is 7.04. The van der Waals surface area contributed by atoms with Gasteiger partial charge in [-0.25, -0.2) is 4.98 Å². The highest BCUT2D eigenvalue weighted by Crippen LogP contribution is 2.26. The van der Waals surface area contributed by atoms with Crippen molar-refractivity contribution in [3.63, 3.8) is 0 Å². The molecule has 0 amide bonds. The first-order valence-corrected chi connectivity index (χ1v) is 3.88. The Bertz CT molecular complexity index is 452. The molecule has 74 valence electrons. The fourth-order valence-corrected chi connectivity index (χ4v) is 1.06.